The number of para-hydroxylation sites is 5. The highest BCUT2D eigenvalue weighted by molar-refractivity contribution is 6.10. The second kappa shape index (κ2) is 17.2. The molecule has 1 aliphatic heterocycles. The molecule has 13 rings (SSSR count). The molecule has 12 aromatic rings. The van der Waals surface area contributed by atoms with Gasteiger partial charge < -0.3 is 14.4 Å². The molecule has 3 heteroatoms. The average Bonchev–Trinajstić information content (AvgIpc) is 3.78. The Balaban J connectivity index is 0.920. The van der Waals surface area contributed by atoms with Gasteiger partial charge in [-0.05, 0) is 136 Å². The highest BCUT2D eigenvalue weighted by Crippen LogP contribution is 2.58. The molecule has 1 aliphatic rings. The first-order chi connectivity index (χ1) is 34.7. The Morgan fingerprint density at radius 1 is 0.286 bits per heavy atom. The summed E-state index contributed by atoms with van der Waals surface area (Å²) in [6, 6.07) is 104. The lowest BCUT2D eigenvalue weighted by atomic mass is 9.62. The summed E-state index contributed by atoms with van der Waals surface area (Å²) in [5, 5.41) is 2.48. The normalized spacial score (nSPS) is 12.7. The van der Waals surface area contributed by atoms with Crippen molar-refractivity contribution in [1.82, 2.24) is 4.57 Å². The van der Waals surface area contributed by atoms with Crippen LogP contribution in [0.25, 0.3) is 49.7 Å². The third-order valence-corrected chi connectivity index (χ3v) is 14.2. The number of rotatable bonds is 9. The smallest absolute Gasteiger partial charge is 0.0742 e. The maximum Gasteiger partial charge on any atom is 0.0742 e. The summed E-state index contributed by atoms with van der Waals surface area (Å²) in [4.78, 5) is 4.82. The Bertz CT molecular complexity index is 3770. The Morgan fingerprint density at radius 3 is 1.50 bits per heavy atom. The lowest BCUT2D eigenvalue weighted by Gasteiger charge is -2.46. The first-order valence-corrected chi connectivity index (χ1v) is 24.1. The van der Waals surface area contributed by atoms with Crippen LogP contribution in [0.15, 0.2) is 285 Å². The predicted octanol–water partition coefficient (Wildman–Crippen LogP) is 17.8. The maximum absolute atomic E-state index is 2.45. The topological polar surface area (TPSA) is 11.4 Å². The van der Waals surface area contributed by atoms with Crippen LogP contribution in [0.4, 0.5) is 34.1 Å². The second-order valence-electron chi connectivity index (χ2n) is 18.1. The Labute approximate surface area is 409 Å². The minimum Gasteiger partial charge on any atom is -0.310 e. The number of fused-ring (bicyclic) bond motifs is 5. The van der Waals surface area contributed by atoms with Crippen LogP contribution in [-0.2, 0) is 5.41 Å². The third kappa shape index (κ3) is 6.74. The Kier molecular flexibility index (Phi) is 10.1. The van der Waals surface area contributed by atoms with E-state index in [1.807, 2.05) is 0 Å². The highest BCUT2D eigenvalue weighted by Gasteiger charge is 2.46. The van der Waals surface area contributed by atoms with Crippen molar-refractivity contribution in [1.29, 1.82) is 0 Å². The minimum absolute atomic E-state index is 0.556. The van der Waals surface area contributed by atoms with Gasteiger partial charge in [-0.1, -0.05) is 194 Å². The van der Waals surface area contributed by atoms with Gasteiger partial charge in [-0.25, -0.2) is 0 Å². The van der Waals surface area contributed by atoms with Gasteiger partial charge in [0.25, 0.3) is 0 Å². The van der Waals surface area contributed by atoms with Crippen LogP contribution in [0.3, 0.4) is 0 Å². The third-order valence-electron chi connectivity index (χ3n) is 14.2. The van der Waals surface area contributed by atoms with E-state index in [9.17, 15) is 0 Å². The summed E-state index contributed by atoms with van der Waals surface area (Å²) >= 11 is 0. The summed E-state index contributed by atoms with van der Waals surface area (Å²) in [5.41, 5.74) is 19.3. The molecule has 1 aromatic heterocycles. The van der Waals surface area contributed by atoms with Crippen LogP contribution in [-0.4, -0.2) is 4.57 Å². The minimum atomic E-state index is -0.556. The van der Waals surface area contributed by atoms with Crippen molar-refractivity contribution in [2.75, 3.05) is 9.80 Å². The van der Waals surface area contributed by atoms with Gasteiger partial charge in [0.2, 0.25) is 0 Å². The zero-order valence-electron chi connectivity index (χ0n) is 38.5. The summed E-state index contributed by atoms with van der Waals surface area (Å²) in [5.74, 6) is 0. The van der Waals surface area contributed by atoms with Crippen molar-refractivity contribution in [2.45, 2.75) is 5.41 Å². The molecule has 0 saturated heterocycles. The first kappa shape index (κ1) is 41.0. The van der Waals surface area contributed by atoms with E-state index in [1.54, 1.807) is 0 Å². The van der Waals surface area contributed by atoms with E-state index in [1.165, 1.54) is 55.3 Å². The zero-order valence-corrected chi connectivity index (χ0v) is 38.5. The Hall–Kier alpha value is -9.18. The van der Waals surface area contributed by atoms with Crippen molar-refractivity contribution in [3.63, 3.8) is 0 Å². The number of nitrogens with zero attached hydrogens (tertiary/aromatic N) is 3. The molecular formula is C67H47N3. The lowest BCUT2D eigenvalue weighted by Crippen LogP contribution is -2.37. The molecule has 0 radical (unpaired) electrons. The highest BCUT2D eigenvalue weighted by atomic mass is 15.2. The molecular weight excluding hydrogens is 847 g/mol. The van der Waals surface area contributed by atoms with Crippen molar-refractivity contribution >= 4 is 55.9 Å². The molecule has 0 unspecified atom stereocenters. The van der Waals surface area contributed by atoms with Gasteiger partial charge in [-0.3, -0.25) is 0 Å². The first-order valence-electron chi connectivity index (χ1n) is 24.1. The van der Waals surface area contributed by atoms with Gasteiger partial charge in [-0.2, -0.15) is 0 Å². The van der Waals surface area contributed by atoms with Gasteiger partial charge >= 0.3 is 0 Å². The summed E-state index contributed by atoms with van der Waals surface area (Å²) < 4.78 is 2.37. The fourth-order valence-electron chi connectivity index (χ4n) is 11.2. The fourth-order valence-corrected chi connectivity index (χ4v) is 11.2. The fraction of sp³-hybridized carbons (Fsp3) is 0.0149. The van der Waals surface area contributed by atoms with E-state index in [0.29, 0.717) is 0 Å². The molecule has 3 nitrogen and oxygen atoms in total. The van der Waals surface area contributed by atoms with Gasteiger partial charge in [0, 0.05) is 39.2 Å². The average molecular weight is 894 g/mol. The molecule has 70 heavy (non-hydrogen) atoms. The maximum atomic E-state index is 2.45. The SMILES string of the molecule is c1ccc(N(c2ccc(-c3ccc4c(c3)N(c3ccccc3)c3ccccc3C4(c3ccccc3)c3ccccc3)cc2)c2cccc(-c3ccc4c(c3)c3ccccc3n4-c3ccccc3)c2)cc1. The van der Waals surface area contributed by atoms with Crippen LogP contribution in [0, 0.1) is 0 Å². The van der Waals surface area contributed by atoms with Gasteiger partial charge in [0.15, 0.2) is 0 Å². The van der Waals surface area contributed by atoms with Crippen molar-refractivity contribution in [3.8, 4) is 27.9 Å². The molecule has 330 valence electrons. The molecule has 0 atom stereocenters. The molecule has 0 N–H and O–H groups in total. The number of benzene rings is 11. The molecule has 0 fully saturated rings. The van der Waals surface area contributed by atoms with Crippen molar-refractivity contribution in [3.05, 3.63) is 307 Å². The zero-order chi connectivity index (χ0) is 46.4. The summed E-state index contributed by atoms with van der Waals surface area (Å²) in [6.07, 6.45) is 0. The predicted molar refractivity (Wildman–Crippen MR) is 293 cm³/mol. The molecule has 0 bridgehead atoms. The van der Waals surface area contributed by atoms with Crippen molar-refractivity contribution < 1.29 is 0 Å². The summed E-state index contributed by atoms with van der Waals surface area (Å²) in [6.45, 7) is 0. The van der Waals surface area contributed by atoms with E-state index in [2.05, 4.69) is 299 Å². The van der Waals surface area contributed by atoms with Crippen LogP contribution in [0.1, 0.15) is 22.3 Å². The number of anilines is 6. The lowest BCUT2D eigenvalue weighted by molar-refractivity contribution is 0.731. The van der Waals surface area contributed by atoms with Gasteiger partial charge in [0.1, 0.15) is 0 Å². The van der Waals surface area contributed by atoms with E-state index >= 15 is 0 Å². The molecule has 11 aromatic carbocycles. The van der Waals surface area contributed by atoms with Crippen LogP contribution in [0.5, 0.6) is 0 Å². The quantitative estimate of drug-likeness (QED) is 0.143. The van der Waals surface area contributed by atoms with E-state index in [0.717, 1.165) is 50.8 Å². The number of aromatic nitrogens is 1. The second-order valence-corrected chi connectivity index (χ2v) is 18.1. The van der Waals surface area contributed by atoms with Crippen molar-refractivity contribution in [2.24, 2.45) is 0 Å². The molecule has 0 amide bonds. The summed E-state index contributed by atoms with van der Waals surface area (Å²) in [7, 11) is 0. The molecule has 2 heterocycles. The van der Waals surface area contributed by atoms with Crippen LogP contribution < -0.4 is 9.80 Å². The molecule has 0 aliphatic carbocycles. The van der Waals surface area contributed by atoms with Gasteiger partial charge in [-0.15, -0.1) is 0 Å². The molecule has 0 spiro atoms. The van der Waals surface area contributed by atoms with Crippen LogP contribution in [0.2, 0.25) is 0 Å². The van der Waals surface area contributed by atoms with Gasteiger partial charge in [0.05, 0.1) is 27.8 Å². The van der Waals surface area contributed by atoms with Crippen LogP contribution >= 0.6 is 0 Å². The van der Waals surface area contributed by atoms with E-state index in [-0.39, 0.29) is 0 Å². The van der Waals surface area contributed by atoms with E-state index < -0.39 is 5.41 Å². The largest absolute Gasteiger partial charge is 0.310 e. The number of hydrogen-bond acceptors (Lipinski definition) is 2. The monoisotopic (exact) mass is 893 g/mol. The Morgan fingerprint density at radius 2 is 0.786 bits per heavy atom. The molecule has 0 saturated carbocycles. The standard InChI is InChI=1S/C67H47N3/c1-6-22-52(23-7-1)67(53-24-8-2-9-25-53)61-34-17-19-36-65(61)70(56-30-14-5-15-31-56)66-47-51(39-43-62(66)67)48-37-41-57(42-38-48)68(54-26-10-3-11-27-54)58-32-20-21-49(45-58)50-40-44-64-60(46-50)59-33-16-18-35-63(59)69(64)55-28-12-4-13-29-55/h1-47H. The number of hydrogen-bond donors (Lipinski definition) is 0. The van der Waals surface area contributed by atoms with E-state index in [4.69, 9.17) is 0 Å².